The van der Waals surface area contributed by atoms with E-state index in [1.165, 1.54) is 18.3 Å². The van der Waals surface area contributed by atoms with Crippen LogP contribution in [0.3, 0.4) is 0 Å². The summed E-state index contributed by atoms with van der Waals surface area (Å²) < 4.78 is 13.2. The van der Waals surface area contributed by atoms with E-state index < -0.39 is 5.82 Å². The Morgan fingerprint density at radius 3 is 2.50 bits per heavy atom. The zero-order valence-electron chi connectivity index (χ0n) is 13.1. The maximum absolute atomic E-state index is 13.2. The van der Waals surface area contributed by atoms with Crippen molar-refractivity contribution in [2.75, 3.05) is 10.6 Å². The number of rotatable bonds is 4. The minimum Gasteiger partial charge on any atom is -0.338 e. The summed E-state index contributed by atoms with van der Waals surface area (Å²) in [6.07, 6.45) is 1.54. The first kappa shape index (κ1) is 16.1. The van der Waals surface area contributed by atoms with E-state index in [-0.39, 0.29) is 11.0 Å². The molecule has 0 aliphatic carbocycles. The first-order valence-corrected chi connectivity index (χ1v) is 7.66. The van der Waals surface area contributed by atoms with E-state index >= 15 is 0 Å². The van der Waals surface area contributed by atoms with Gasteiger partial charge in [-0.3, -0.25) is 0 Å². The summed E-state index contributed by atoms with van der Waals surface area (Å²) in [6.45, 7) is 4.03. The molecule has 0 saturated carbocycles. The van der Waals surface area contributed by atoms with Crippen LogP contribution in [0.25, 0.3) is 0 Å². The van der Waals surface area contributed by atoms with E-state index in [1.807, 2.05) is 32.0 Å². The van der Waals surface area contributed by atoms with Crippen molar-refractivity contribution in [3.63, 3.8) is 0 Å². The first-order chi connectivity index (χ1) is 11.5. The molecule has 1 aromatic heterocycles. The Labute approximate surface area is 143 Å². The molecule has 2 aromatic carbocycles. The van der Waals surface area contributed by atoms with Crippen LogP contribution >= 0.6 is 11.6 Å². The Morgan fingerprint density at radius 2 is 1.79 bits per heavy atom. The second kappa shape index (κ2) is 6.80. The predicted molar refractivity (Wildman–Crippen MR) is 93.7 cm³/mol. The van der Waals surface area contributed by atoms with E-state index in [9.17, 15) is 4.39 Å². The van der Waals surface area contributed by atoms with Crippen molar-refractivity contribution in [2.24, 2.45) is 0 Å². The zero-order valence-corrected chi connectivity index (χ0v) is 13.9. The lowest BCUT2D eigenvalue weighted by Gasteiger charge is -2.12. The van der Waals surface area contributed by atoms with Gasteiger partial charge in [-0.1, -0.05) is 29.8 Å². The SMILES string of the molecule is Cc1cccc(C)c1Nc1cnnc(Nc2ccc(F)c(Cl)c2)n1. The van der Waals surface area contributed by atoms with Crippen molar-refractivity contribution in [1.82, 2.24) is 15.2 Å². The molecule has 0 aliphatic heterocycles. The monoisotopic (exact) mass is 343 g/mol. The van der Waals surface area contributed by atoms with Crippen LogP contribution in [0.15, 0.2) is 42.6 Å². The number of nitrogens with zero attached hydrogens (tertiary/aromatic N) is 3. The van der Waals surface area contributed by atoms with E-state index in [2.05, 4.69) is 25.8 Å². The molecule has 3 aromatic rings. The summed E-state index contributed by atoms with van der Waals surface area (Å²) in [6, 6.07) is 10.3. The van der Waals surface area contributed by atoms with Crippen LogP contribution in [-0.4, -0.2) is 15.2 Å². The van der Waals surface area contributed by atoms with Gasteiger partial charge in [-0.05, 0) is 43.2 Å². The van der Waals surface area contributed by atoms with Gasteiger partial charge in [0, 0.05) is 11.4 Å². The molecule has 0 spiro atoms. The number of anilines is 4. The smallest absolute Gasteiger partial charge is 0.249 e. The fourth-order valence-electron chi connectivity index (χ4n) is 2.26. The molecule has 0 saturated heterocycles. The van der Waals surface area contributed by atoms with Crippen LogP contribution in [0.2, 0.25) is 5.02 Å². The molecule has 0 unspecified atom stereocenters. The Balaban J connectivity index is 1.82. The summed E-state index contributed by atoms with van der Waals surface area (Å²) in [4.78, 5) is 4.36. The molecule has 0 bridgehead atoms. The van der Waals surface area contributed by atoms with Crippen molar-refractivity contribution in [3.8, 4) is 0 Å². The highest BCUT2D eigenvalue weighted by molar-refractivity contribution is 6.31. The molecule has 5 nitrogen and oxygen atoms in total. The van der Waals surface area contributed by atoms with Gasteiger partial charge in [-0.25, -0.2) is 4.39 Å². The summed E-state index contributed by atoms with van der Waals surface area (Å²) in [5, 5.41) is 14.1. The van der Waals surface area contributed by atoms with Crippen LogP contribution in [0, 0.1) is 19.7 Å². The van der Waals surface area contributed by atoms with Crippen molar-refractivity contribution in [1.29, 1.82) is 0 Å². The van der Waals surface area contributed by atoms with Crippen LogP contribution < -0.4 is 10.6 Å². The van der Waals surface area contributed by atoms with Crippen molar-refractivity contribution in [2.45, 2.75) is 13.8 Å². The molecule has 7 heteroatoms. The molecular formula is C17H15ClFN5. The average molecular weight is 344 g/mol. The lowest BCUT2D eigenvalue weighted by Crippen LogP contribution is -2.04. The van der Waals surface area contributed by atoms with Gasteiger partial charge in [0.05, 0.1) is 11.2 Å². The number of benzene rings is 2. The first-order valence-electron chi connectivity index (χ1n) is 7.28. The number of nitrogens with one attached hydrogen (secondary N) is 2. The molecule has 0 amide bonds. The Morgan fingerprint density at radius 1 is 1.04 bits per heavy atom. The van der Waals surface area contributed by atoms with Crippen LogP contribution in [-0.2, 0) is 0 Å². The Kier molecular flexibility index (Phi) is 4.57. The number of aryl methyl sites for hydroxylation is 2. The topological polar surface area (TPSA) is 62.7 Å². The number of hydrogen-bond donors (Lipinski definition) is 2. The minimum atomic E-state index is -0.480. The molecule has 3 rings (SSSR count). The van der Waals surface area contributed by atoms with E-state index in [0.29, 0.717) is 11.5 Å². The maximum Gasteiger partial charge on any atom is 0.249 e. The number of halogens is 2. The zero-order chi connectivity index (χ0) is 17.1. The van der Waals surface area contributed by atoms with Crippen molar-refractivity contribution < 1.29 is 4.39 Å². The Bertz CT molecular complexity index is 864. The third-order valence-electron chi connectivity index (χ3n) is 3.47. The van der Waals surface area contributed by atoms with E-state index in [0.717, 1.165) is 16.8 Å². The van der Waals surface area contributed by atoms with Crippen molar-refractivity contribution in [3.05, 3.63) is 64.6 Å². The van der Waals surface area contributed by atoms with Gasteiger partial charge in [0.1, 0.15) is 5.82 Å². The van der Waals surface area contributed by atoms with E-state index in [4.69, 9.17) is 11.6 Å². The van der Waals surface area contributed by atoms with Gasteiger partial charge in [-0.2, -0.15) is 10.1 Å². The van der Waals surface area contributed by atoms with Gasteiger partial charge in [0.15, 0.2) is 5.82 Å². The highest BCUT2D eigenvalue weighted by Gasteiger charge is 2.07. The van der Waals surface area contributed by atoms with Gasteiger partial charge in [0.25, 0.3) is 0 Å². The maximum atomic E-state index is 13.2. The lowest BCUT2D eigenvalue weighted by atomic mass is 10.1. The van der Waals surface area contributed by atoms with Gasteiger partial charge in [-0.15, -0.1) is 5.10 Å². The predicted octanol–water partition coefficient (Wildman–Crippen LogP) is 4.77. The van der Waals surface area contributed by atoms with E-state index in [1.54, 1.807) is 6.07 Å². The third kappa shape index (κ3) is 3.60. The average Bonchev–Trinajstić information content (AvgIpc) is 2.55. The largest absolute Gasteiger partial charge is 0.338 e. The normalized spacial score (nSPS) is 10.5. The summed E-state index contributed by atoms with van der Waals surface area (Å²) in [5.41, 5.74) is 3.77. The fourth-order valence-corrected chi connectivity index (χ4v) is 2.44. The number of aromatic nitrogens is 3. The molecule has 2 N–H and O–H groups in total. The highest BCUT2D eigenvalue weighted by Crippen LogP contribution is 2.24. The van der Waals surface area contributed by atoms with Crippen LogP contribution in [0.5, 0.6) is 0 Å². The molecule has 0 atom stereocenters. The second-order valence-electron chi connectivity index (χ2n) is 5.31. The van der Waals surface area contributed by atoms with Gasteiger partial charge in [0.2, 0.25) is 5.95 Å². The molecule has 24 heavy (non-hydrogen) atoms. The molecule has 0 radical (unpaired) electrons. The molecule has 122 valence electrons. The van der Waals surface area contributed by atoms with Crippen molar-refractivity contribution >= 4 is 34.7 Å². The second-order valence-corrected chi connectivity index (χ2v) is 5.72. The van der Waals surface area contributed by atoms with Crippen LogP contribution in [0.4, 0.5) is 27.5 Å². The molecule has 0 aliphatic rings. The molecule has 1 heterocycles. The number of hydrogen-bond acceptors (Lipinski definition) is 5. The summed E-state index contributed by atoms with van der Waals surface area (Å²) in [7, 11) is 0. The third-order valence-corrected chi connectivity index (χ3v) is 3.76. The summed E-state index contributed by atoms with van der Waals surface area (Å²) >= 11 is 5.77. The lowest BCUT2D eigenvalue weighted by molar-refractivity contribution is 0.628. The molecule has 0 fully saturated rings. The van der Waals surface area contributed by atoms with Gasteiger partial charge >= 0.3 is 0 Å². The standard InChI is InChI=1S/C17H15ClFN5/c1-10-4-3-5-11(2)16(10)22-15-9-20-24-17(23-15)21-12-6-7-14(19)13(18)8-12/h3-9H,1-2H3,(H2,21,22,23,24). The minimum absolute atomic E-state index is 0.0257. The Hall–Kier alpha value is -2.73. The summed E-state index contributed by atoms with van der Waals surface area (Å²) in [5.74, 6) is 0.360. The van der Waals surface area contributed by atoms with Gasteiger partial charge < -0.3 is 10.6 Å². The number of para-hydroxylation sites is 1. The quantitative estimate of drug-likeness (QED) is 0.714. The highest BCUT2D eigenvalue weighted by atomic mass is 35.5. The fraction of sp³-hybridized carbons (Fsp3) is 0.118. The molecular weight excluding hydrogens is 329 g/mol. The van der Waals surface area contributed by atoms with Crippen LogP contribution in [0.1, 0.15) is 11.1 Å².